The molecule has 0 saturated heterocycles. The van der Waals surface area contributed by atoms with Gasteiger partial charge < -0.3 is 5.32 Å². The molecule has 0 saturated carbocycles. The molecule has 19 heavy (non-hydrogen) atoms. The van der Waals surface area contributed by atoms with Crippen LogP contribution in [-0.4, -0.2) is 5.75 Å². The van der Waals surface area contributed by atoms with E-state index in [0.29, 0.717) is 6.04 Å². The topological polar surface area (TPSA) is 12.0 Å². The van der Waals surface area contributed by atoms with Gasteiger partial charge in [-0.05, 0) is 35.7 Å². The van der Waals surface area contributed by atoms with Crippen LogP contribution in [0.25, 0.3) is 0 Å². The maximum Gasteiger partial charge on any atom is 0.0618 e. The quantitative estimate of drug-likeness (QED) is 0.847. The smallest absolute Gasteiger partial charge is 0.0618 e. The molecule has 2 heteroatoms. The monoisotopic (exact) mass is 269 g/mol. The van der Waals surface area contributed by atoms with E-state index in [1.165, 1.54) is 34.6 Å². The summed E-state index contributed by atoms with van der Waals surface area (Å²) in [5.41, 5.74) is 4.08. The Kier molecular flexibility index (Phi) is 3.79. The second-order valence-electron chi connectivity index (χ2n) is 4.99. The van der Waals surface area contributed by atoms with Crippen LogP contribution in [0.5, 0.6) is 0 Å². The zero-order chi connectivity index (χ0) is 13.1. The fraction of sp³-hybridized carbons (Fsp3) is 0.294. The molecule has 0 bridgehead atoms. The van der Waals surface area contributed by atoms with Gasteiger partial charge in [0.1, 0.15) is 0 Å². The molecule has 1 heterocycles. The predicted octanol–water partition coefficient (Wildman–Crippen LogP) is 4.90. The van der Waals surface area contributed by atoms with Crippen molar-refractivity contribution in [3.05, 3.63) is 59.7 Å². The van der Waals surface area contributed by atoms with Crippen LogP contribution in [-0.2, 0) is 6.42 Å². The molecule has 0 aromatic heterocycles. The third-order valence-electron chi connectivity index (χ3n) is 3.53. The maximum absolute atomic E-state index is 3.65. The molecule has 1 N–H and O–H groups in total. The van der Waals surface area contributed by atoms with Crippen molar-refractivity contribution in [3.8, 4) is 0 Å². The van der Waals surface area contributed by atoms with Crippen LogP contribution in [0.3, 0.4) is 0 Å². The predicted molar refractivity (Wildman–Crippen MR) is 84.0 cm³/mol. The molecule has 1 aliphatic heterocycles. The van der Waals surface area contributed by atoms with Gasteiger partial charge in [0, 0.05) is 16.3 Å². The summed E-state index contributed by atoms with van der Waals surface area (Å²) in [6.07, 6.45) is 2.38. The number of anilines is 1. The molecule has 2 aromatic rings. The van der Waals surface area contributed by atoms with Crippen molar-refractivity contribution in [2.75, 3.05) is 11.1 Å². The van der Waals surface area contributed by atoms with E-state index in [0.717, 1.165) is 5.75 Å². The van der Waals surface area contributed by atoms with Crippen molar-refractivity contribution < 1.29 is 0 Å². The van der Waals surface area contributed by atoms with Gasteiger partial charge in [-0.15, -0.1) is 11.8 Å². The molecule has 1 unspecified atom stereocenters. The number of fused-ring (bicyclic) bond motifs is 1. The van der Waals surface area contributed by atoms with Gasteiger partial charge in [-0.25, -0.2) is 0 Å². The molecule has 0 spiro atoms. The first kappa shape index (κ1) is 12.6. The Hall–Kier alpha value is -1.41. The van der Waals surface area contributed by atoms with Crippen molar-refractivity contribution >= 4 is 17.4 Å². The highest BCUT2D eigenvalue weighted by Gasteiger charge is 2.22. The molecule has 1 atom stereocenters. The SMILES string of the molecule is CCCc1ccc(NC2CSc3ccccc32)cc1. The minimum absolute atomic E-state index is 0.443. The lowest BCUT2D eigenvalue weighted by atomic mass is 10.1. The fourth-order valence-electron chi connectivity index (χ4n) is 2.54. The van der Waals surface area contributed by atoms with Gasteiger partial charge in [-0.2, -0.15) is 0 Å². The van der Waals surface area contributed by atoms with Gasteiger partial charge in [0.05, 0.1) is 6.04 Å². The fourth-order valence-corrected chi connectivity index (χ4v) is 3.70. The molecule has 0 fully saturated rings. The summed E-state index contributed by atoms with van der Waals surface area (Å²) < 4.78 is 0. The summed E-state index contributed by atoms with van der Waals surface area (Å²) >= 11 is 1.94. The molecule has 0 radical (unpaired) electrons. The number of thioether (sulfide) groups is 1. The number of rotatable bonds is 4. The summed E-state index contributed by atoms with van der Waals surface area (Å²) in [6.45, 7) is 2.22. The Morgan fingerprint density at radius 3 is 2.68 bits per heavy atom. The highest BCUT2D eigenvalue weighted by atomic mass is 32.2. The van der Waals surface area contributed by atoms with E-state index in [1.54, 1.807) is 0 Å². The summed E-state index contributed by atoms with van der Waals surface area (Å²) in [7, 11) is 0. The molecule has 1 nitrogen and oxygen atoms in total. The highest BCUT2D eigenvalue weighted by molar-refractivity contribution is 7.99. The van der Waals surface area contributed by atoms with Crippen molar-refractivity contribution in [1.82, 2.24) is 0 Å². The van der Waals surface area contributed by atoms with Crippen molar-refractivity contribution in [2.45, 2.75) is 30.7 Å². The van der Waals surface area contributed by atoms with Gasteiger partial charge in [-0.3, -0.25) is 0 Å². The summed E-state index contributed by atoms with van der Waals surface area (Å²) in [5, 5.41) is 3.65. The van der Waals surface area contributed by atoms with E-state index in [9.17, 15) is 0 Å². The molecule has 98 valence electrons. The summed E-state index contributed by atoms with van der Waals surface area (Å²) in [6, 6.07) is 18.0. The van der Waals surface area contributed by atoms with E-state index >= 15 is 0 Å². The van der Waals surface area contributed by atoms with Crippen molar-refractivity contribution in [1.29, 1.82) is 0 Å². The Balaban J connectivity index is 1.72. The van der Waals surface area contributed by atoms with Crippen LogP contribution < -0.4 is 5.32 Å². The highest BCUT2D eigenvalue weighted by Crippen LogP contribution is 2.39. The van der Waals surface area contributed by atoms with Crippen LogP contribution in [0, 0.1) is 0 Å². The zero-order valence-corrected chi connectivity index (χ0v) is 12.0. The number of benzene rings is 2. The Morgan fingerprint density at radius 1 is 1.11 bits per heavy atom. The van der Waals surface area contributed by atoms with E-state index in [2.05, 4.69) is 60.8 Å². The first-order valence-electron chi connectivity index (χ1n) is 6.94. The minimum atomic E-state index is 0.443. The standard InChI is InChI=1S/C17H19NS/c1-2-5-13-8-10-14(11-9-13)18-16-12-19-17-7-4-3-6-15(16)17/h3-4,6-11,16,18H,2,5,12H2,1H3. The zero-order valence-electron chi connectivity index (χ0n) is 11.2. The Bertz CT molecular complexity index is 547. The molecular weight excluding hydrogens is 250 g/mol. The van der Waals surface area contributed by atoms with Crippen LogP contribution >= 0.6 is 11.8 Å². The van der Waals surface area contributed by atoms with Gasteiger partial charge in [-0.1, -0.05) is 43.7 Å². The van der Waals surface area contributed by atoms with E-state index in [-0.39, 0.29) is 0 Å². The lowest BCUT2D eigenvalue weighted by Gasteiger charge is -2.15. The molecular formula is C17H19NS. The van der Waals surface area contributed by atoms with Crippen LogP contribution in [0.1, 0.15) is 30.5 Å². The van der Waals surface area contributed by atoms with E-state index in [4.69, 9.17) is 0 Å². The van der Waals surface area contributed by atoms with Crippen LogP contribution in [0.2, 0.25) is 0 Å². The maximum atomic E-state index is 3.65. The Morgan fingerprint density at radius 2 is 1.89 bits per heavy atom. The normalized spacial score (nSPS) is 17.2. The van der Waals surface area contributed by atoms with Crippen molar-refractivity contribution in [2.24, 2.45) is 0 Å². The second-order valence-corrected chi connectivity index (χ2v) is 6.05. The van der Waals surface area contributed by atoms with E-state index < -0.39 is 0 Å². The minimum Gasteiger partial charge on any atom is -0.377 e. The molecule has 2 aromatic carbocycles. The molecule has 0 amide bonds. The molecule has 3 rings (SSSR count). The first-order chi connectivity index (χ1) is 9.36. The van der Waals surface area contributed by atoms with Gasteiger partial charge in [0.2, 0.25) is 0 Å². The largest absolute Gasteiger partial charge is 0.377 e. The third kappa shape index (κ3) is 2.79. The van der Waals surface area contributed by atoms with Gasteiger partial charge in [0.15, 0.2) is 0 Å². The lowest BCUT2D eigenvalue weighted by Crippen LogP contribution is -2.09. The van der Waals surface area contributed by atoms with Gasteiger partial charge in [0.25, 0.3) is 0 Å². The average Bonchev–Trinajstić information content (AvgIpc) is 2.85. The number of aryl methyl sites for hydroxylation is 1. The third-order valence-corrected chi connectivity index (χ3v) is 4.72. The lowest BCUT2D eigenvalue weighted by molar-refractivity contribution is 0.897. The second kappa shape index (κ2) is 5.70. The van der Waals surface area contributed by atoms with Crippen LogP contribution in [0.4, 0.5) is 5.69 Å². The number of nitrogens with one attached hydrogen (secondary N) is 1. The number of hydrogen-bond acceptors (Lipinski definition) is 2. The Labute approximate surface area is 119 Å². The first-order valence-corrected chi connectivity index (χ1v) is 7.92. The van der Waals surface area contributed by atoms with Gasteiger partial charge >= 0.3 is 0 Å². The number of hydrogen-bond donors (Lipinski definition) is 1. The summed E-state index contributed by atoms with van der Waals surface area (Å²) in [4.78, 5) is 1.42. The average molecular weight is 269 g/mol. The van der Waals surface area contributed by atoms with Crippen molar-refractivity contribution in [3.63, 3.8) is 0 Å². The van der Waals surface area contributed by atoms with Crippen LogP contribution in [0.15, 0.2) is 53.4 Å². The summed E-state index contributed by atoms with van der Waals surface area (Å²) in [5.74, 6) is 1.12. The molecule has 1 aliphatic rings. The van der Waals surface area contributed by atoms with E-state index in [1.807, 2.05) is 11.8 Å². The molecule has 0 aliphatic carbocycles.